The molecule has 4 N–H and O–H groups in total. The Balaban J connectivity index is 1.99. The number of nitrogens with two attached hydrogens (primary N) is 1. The van der Waals surface area contributed by atoms with E-state index in [0.717, 1.165) is 23.3 Å². The van der Waals surface area contributed by atoms with E-state index >= 15 is 0 Å². The van der Waals surface area contributed by atoms with E-state index in [4.69, 9.17) is 14.6 Å². The normalized spacial score (nSPS) is 10.8. The topological polar surface area (TPSA) is 154 Å². The number of methoxy groups -OCH3 is 1. The van der Waals surface area contributed by atoms with E-state index in [1.165, 1.54) is 13.2 Å². The van der Waals surface area contributed by atoms with Crippen molar-refractivity contribution in [3.63, 3.8) is 0 Å². The van der Waals surface area contributed by atoms with Crippen LogP contribution in [0, 0.1) is 13.8 Å². The summed E-state index contributed by atoms with van der Waals surface area (Å²) in [5, 5.41) is 9.59. The lowest BCUT2D eigenvalue weighted by atomic mass is 10.1. The van der Waals surface area contributed by atoms with Gasteiger partial charge < -0.3 is 14.8 Å². The number of ether oxygens (including phenoxy) is 2. The van der Waals surface area contributed by atoms with Crippen molar-refractivity contribution in [1.82, 2.24) is 5.32 Å². The number of hydrogen-bond donors (Lipinski definition) is 3. The number of rotatable bonds is 6. The number of amides is 3. The summed E-state index contributed by atoms with van der Waals surface area (Å²) in [6, 6.07) is 7.93. The summed E-state index contributed by atoms with van der Waals surface area (Å²) >= 11 is 0. The first kappa shape index (κ1) is 22.8. The highest BCUT2D eigenvalue weighted by Gasteiger charge is 2.20. The van der Waals surface area contributed by atoms with Gasteiger partial charge in [0.1, 0.15) is 11.3 Å². The van der Waals surface area contributed by atoms with Crippen molar-refractivity contribution in [2.75, 3.05) is 19.0 Å². The second-order valence-corrected chi connectivity index (χ2v) is 7.87. The summed E-state index contributed by atoms with van der Waals surface area (Å²) in [5.74, 6) is -1.88. The molecule has 0 heterocycles. The van der Waals surface area contributed by atoms with E-state index in [9.17, 15) is 22.8 Å². The minimum absolute atomic E-state index is 0.0281. The third-order valence-electron chi connectivity index (χ3n) is 3.94. The number of hydrogen-bond acceptors (Lipinski definition) is 7. The van der Waals surface area contributed by atoms with Gasteiger partial charge in [0.2, 0.25) is 10.0 Å². The first-order valence-electron chi connectivity index (χ1n) is 8.57. The molecule has 10 nitrogen and oxygen atoms in total. The fraction of sp³-hybridized carbons (Fsp3) is 0.211. The molecule has 30 heavy (non-hydrogen) atoms. The SMILES string of the molecule is COc1ccc(S(N)(=O)=O)cc1C(=O)OCC(=O)NC(=O)Nc1ccc(C)cc1C. The molecular weight excluding hydrogens is 414 g/mol. The number of carbonyl (C=O) groups excluding carboxylic acids is 3. The smallest absolute Gasteiger partial charge is 0.342 e. The third-order valence-corrected chi connectivity index (χ3v) is 4.85. The predicted octanol–water partition coefficient (Wildman–Crippen LogP) is 1.46. The molecule has 0 saturated carbocycles. The molecule has 160 valence electrons. The first-order chi connectivity index (χ1) is 14.0. The number of esters is 1. The average Bonchev–Trinajstić information content (AvgIpc) is 2.67. The second kappa shape index (κ2) is 9.37. The Morgan fingerprint density at radius 2 is 1.77 bits per heavy atom. The van der Waals surface area contributed by atoms with E-state index in [2.05, 4.69) is 5.32 Å². The van der Waals surface area contributed by atoms with Gasteiger partial charge in [0.05, 0.1) is 12.0 Å². The van der Waals surface area contributed by atoms with E-state index in [1.807, 2.05) is 18.3 Å². The zero-order chi connectivity index (χ0) is 22.5. The van der Waals surface area contributed by atoms with Crippen LogP contribution < -0.4 is 20.5 Å². The van der Waals surface area contributed by atoms with Gasteiger partial charge in [-0.1, -0.05) is 17.7 Å². The van der Waals surface area contributed by atoms with Crippen LogP contribution in [0.1, 0.15) is 21.5 Å². The van der Waals surface area contributed by atoms with Crippen LogP contribution in [0.25, 0.3) is 0 Å². The van der Waals surface area contributed by atoms with Crippen LogP contribution in [-0.4, -0.2) is 40.0 Å². The van der Waals surface area contributed by atoms with Gasteiger partial charge in [-0.25, -0.2) is 23.1 Å². The van der Waals surface area contributed by atoms with Crippen LogP contribution in [0.4, 0.5) is 10.5 Å². The molecule has 0 atom stereocenters. The van der Waals surface area contributed by atoms with Gasteiger partial charge in [-0.15, -0.1) is 0 Å². The monoisotopic (exact) mass is 435 g/mol. The quantitative estimate of drug-likeness (QED) is 0.580. The largest absolute Gasteiger partial charge is 0.496 e. The van der Waals surface area contributed by atoms with Crippen molar-refractivity contribution in [3.8, 4) is 5.75 Å². The van der Waals surface area contributed by atoms with Crippen LogP contribution in [-0.2, 0) is 19.6 Å². The Hall–Kier alpha value is -3.44. The van der Waals surface area contributed by atoms with Crippen molar-refractivity contribution in [1.29, 1.82) is 0 Å². The number of imide groups is 1. The average molecular weight is 435 g/mol. The van der Waals surface area contributed by atoms with E-state index in [0.29, 0.717) is 5.69 Å². The van der Waals surface area contributed by atoms with Gasteiger partial charge >= 0.3 is 12.0 Å². The third kappa shape index (κ3) is 6.03. The van der Waals surface area contributed by atoms with Crippen molar-refractivity contribution >= 4 is 33.6 Å². The van der Waals surface area contributed by atoms with Gasteiger partial charge in [-0.2, -0.15) is 0 Å². The van der Waals surface area contributed by atoms with Gasteiger partial charge in [-0.05, 0) is 43.7 Å². The summed E-state index contributed by atoms with van der Waals surface area (Å²) in [6.45, 7) is 2.93. The molecule has 0 aliphatic heterocycles. The number of nitrogens with one attached hydrogen (secondary N) is 2. The molecule has 0 aliphatic rings. The second-order valence-electron chi connectivity index (χ2n) is 6.30. The lowest BCUT2D eigenvalue weighted by Gasteiger charge is -2.11. The molecule has 0 saturated heterocycles. The lowest BCUT2D eigenvalue weighted by molar-refractivity contribution is -0.123. The number of sulfonamides is 1. The fourth-order valence-electron chi connectivity index (χ4n) is 2.50. The maximum absolute atomic E-state index is 12.2. The molecular formula is C19H21N3O7S. The molecule has 0 spiro atoms. The van der Waals surface area contributed by atoms with Crippen molar-refractivity contribution in [2.24, 2.45) is 5.14 Å². The van der Waals surface area contributed by atoms with Gasteiger partial charge in [0.15, 0.2) is 6.61 Å². The standard InChI is InChI=1S/C19H21N3O7S/c1-11-4-6-15(12(2)8-11)21-19(25)22-17(23)10-29-18(24)14-9-13(30(20,26)27)5-7-16(14)28-3/h4-9H,10H2,1-3H3,(H2,20,26,27)(H2,21,22,23,25). The van der Waals surface area contributed by atoms with Crippen LogP contribution >= 0.6 is 0 Å². The van der Waals surface area contributed by atoms with Gasteiger partial charge in [-0.3, -0.25) is 10.1 Å². The zero-order valence-electron chi connectivity index (χ0n) is 16.5. The molecule has 0 aliphatic carbocycles. The summed E-state index contributed by atoms with van der Waals surface area (Å²) < 4.78 is 32.8. The maximum Gasteiger partial charge on any atom is 0.342 e. The Morgan fingerprint density at radius 1 is 1.07 bits per heavy atom. The molecule has 2 rings (SSSR count). The molecule has 3 amide bonds. The highest BCUT2D eigenvalue weighted by Crippen LogP contribution is 2.22. The Morgan fingerprint density at radius 3 is 2.37 bits per heavy atom. The number of benzene rings is 2. The Labute approximate surface area is 173 Å². The summed E-state index contributed by atoms with van der Waals surface area (Å²) in [7, 11) is -2.79. The van der Waals surface area contributed by atoms with E-state index in [-0.39, 0.29) is 16.2 Å². The molecule has 11 heteroatoms. The van der Waals surface area contributed by atoms with Crippen molar-refractivity contribution in [3.05, 3.63) is 53.1 Å². The molecule has 0 radical (unpaired) electrons. The van der Waals surface area contributed by atoms with E-state index < -0.39 is 34.5 Å². The first-order valence-corrected chi connectivity index (χ1v) is 10.1. The summed E-state index contributed by atoms with van der Waals surface area (Å²) in [5.41, 5.74) is 2.11. The Kier molecular flexibility index (Phi) is 7.14. The molecule has 0 bridgehead atoms. The molecule has 2 aromatic rings. The van der Waals surface area contributed by atoms with Crippen LogP contribution in [0.5, 0.6) is 5.75 Å². The zero-order valence-corrected chi connectivity index (χ0v) is 17.3. The summed E-state index contributed by atoms with van der Waals surface area (Å²) in [4.78, 5) is 35.8. The molecule has 0 unspecified atom stereocenters. The van der Waals surface area contributed by atoms with Gasteiger partial charge in [0.25, 0.3) is 5.91 Å². The van der Waals surface area contributed by atoms with Crippen molar-refractivity contribution in [2.45, 2.75) is 18.7 Å². The number of urea groups is 1. The predicted molar refractivity (Wildman–Crippen MR) is 108 cm³/mol. The highest BCUT2D eigenvalue weighted by molar-refractivity contribution is 7.89. The van der Waals surface area contributed by atoms with Gasteiger partial charge in [0, 0.05) is 5.69 Å². The number of aryl methyl sites for hydroxylation is 2. The minimum Gasteiger partial charge on any atom is -0.496 e. The summed E-state index contributed by atoms with van der Waals surface area (Å²) in [6.07, 6.45) is 0. The lowest BCUT2D eigenvalue weighted by Crippen LogP contribution is -2.37. The van der Waals surface area contributed by atoms with Crippen LogP contribution in [0.2, 0.25) is 0 Å². The number of anilines is 1. The van der Waals surface area contributed by atoms with Crippen LogP contribution in [0.3, 0.4) is 0 Å². The molecule has 2 aromatic carbocycles. The molecule has 0 aromatic heterocycles. The maximum atomic E-state index is 12.2. The van der Waals surface area contributed by atoms with Crippen molar-refractivity contribution < 1.29 is 32.3 Å². The fourth-order valence-corrected chi connectivity index (χ4v) is 3.04. The molecule has 0 fully saturated rings. The minimum atomic E-state index is -4.06. The van der Waals surface area contributed by atoms with Crippen LogP contribution in [0.15, 0.2) is 41.3 Å². The Bertz CT molecular complexity index is 1100. The number of carbonyl (C=O) groups is 3. The van der Waals surface area contributed by atoms with E-state index in [1.54, 1.807) is 19.1 Å². The highest BCUT2D eigenvalue weighted by atomic mass is 32.2. The number of primary sulfonamides is 1.